The van der Waals surface area contributed by atoms with Gasteiger partial charge in [0.15, 0.2) is 11.9 Å². The van der Waals surface area contributed by atoms with Crippen molar-refractivity contribution in [2.24, 2.45) is 5.92 Å². The van der Waals surface area contributed by atoms with Gasteiger partial charge in [0.2, 0.25) is 0 Å². The molecule has 0 fully saturated rings. The van der Waals surface area contributed by atoms with Crippen LogP contribution < -0.4 is 0 Å². The molecule has 0 rings (SSSR count). The van der Waals surface area contributed by atoms with E-state index in [0.29, 0.717) is 12.3 Å². The molecule has 0 aliphatic carbocycles. The number of rotatable bonds is 9. The van der Waals surface area contributed by atoms with Crippen LogP contribution in [0.5, 0.6) is 0 Å². The lowest BCUT2D eigenvalue weighted by Gasteiger charge is -2.13. The van der Waals surface area contributed by atoms with Gasteiger partial charge >= 0.3 is 5.97 Å². The summed E-state index contributed by atoms with van der Waals surface area (Å²) in [4.78, 5) is 22.3. The van der Waals surface area contributed by atoms with Gasteiger partial charge in [-0.3, -0.25) is 9.59 Å². The van der Waals surface area contributed by atoms with Crippen LogP contribution in [0, 0.1) is 5.92 Å². The normalized spacial score (nSPS) is 13.5. The predicted octanol–water partition coefficient (Wildman–Crippen LogP) is 2.64. The summed E-state index contributed by atoms with van der Waals surface area (Å²) >= 11 is 0. The lowest BCUT2D eigenvalue weighted by atomic mass is 10.0. The molecule has 0 radical (unpaired) electrons. The second-order valence-corrected chi connectivity index (χ2v) is 5.29. The van der Waals surface area contributed by atoms with Crippen LogP contribution in [-0.4, -0.2) is 29.6 Å². The number of esters is 1. The lowest BCUT2D eigenvalue weighted by Crippen LogP contribution is -2.28. The summed E-state index contributed by atoms with van der Waals surface area (Å²) in [6, 6.07) is 0. The fraction of sp³-hybridized carbons (Fsp3) is 0.733. The van der Waals surface area contributed by atoms with Gasteiger partial charge in [0.25, 0.3) is 0 Å². The minimum Gasteiger partial charge on any atom is -0.454 e. The van der Waals surface area contributed by atoms with Crippen molar-refractivity contribution in [3.63, 3.8) is 0 Å². The maximum absolute atomic E-state index is 11.4. The molecular formula is C15H26O4. The molecule has 0 saturated carbocycles. The Kier molecular flexibility index (Phi) is 9.13. The smallest absolute Gasteiger partial charge is 0.303 e. The van der Waals surface area contributed by atoms with E-state index in [1.54, 1.807) is 0 Å². The monoisotopic (exact) mass is 270 g/mol. The Morgan fingerprint density at radius 1 is 1.26 bits per heavy atom. The van der Waals surface area contributed by atoms with Crippen molar-refractivity contribution in [2.75, 3.05) is 6.61 Å². The van der Waals surface area contributed by atoms with Crippen molar-refractivity contribution in [2.45, 2.75) is 59.5 Å². The number of aliphatic hydroxyl groups is 1. The van der Waals surface area contributed by atoms with Gasteiger partial charge in [-0.05, 0) is 25.7 Å². The quantitative estimate of drug-likeness (QED) is 0.517. The zero-order valence-corrected chi connectivity index (χ0v) is 12.4. The summed E-state index contributed by atoms with van der Waals surface area (Å²) in [5.41, 5.74) is 1.18. The van der Waals surface area contributed by atoms with E-state index in [4.69, 9.17) is 9.84 Å². The molecular weight excluding hydrogens is 244 g/mol. The highest BCUT2D eigenvalue weighted by atomic mass is 16.5. The van der Waals surface area contributed by atoms with Crippen LogP contribution in [0.25, 0.3) is 0 Å². The molecule has 4 nitrogen and oxygen atoms in total. The number of Topliss-reactive ketones (excluding diaryl/α,β-unsaturated/α-hetero) is 1. The summed E-state index contributed by atoms with van der Waals surface area (Å²) < 4.78 is 4.90. The molecule has 0 heterocycles. The third kappa shape index (κ3) is 9.42. The van der Waals surface area contributed by atoms with Crippen molar-refractivity contribution < 1.29 is 19.4 Å². The van der Waals surface area contributed by atoms with Gasteiger partial charge in [-0.1, -0.05) is 31.9 Å². The van der Waals surface area contributed by atoms with Crippen molar-refractivity contribution in [1.82, 2.24) is 0 Å². The minimum atomic E-state index is -0.859. The molecule has 0 aliphatic rings. The minimum absolute atomic E-state index is 0.340. The largest absolute Gasteiger partial charge is 0.454 e. The first-order chi connectivity index (χ1) is 8.86. The van der Waals surface area contributed by atoms with Gasteiger partial charge in [-0.15, -0.1) is 0 Å². The molecule has 19 heavy (non-hydrogen) atoms. The SMILES string of the molecule is CC(=O)OC(CC=C(C)CCCC(C)C)C(=O)CO. The lowest BCUT2D eigenvalue weighted by molar-refractivity contribution is -0.153. The number of aliphatic hydroxyl groups excluding tert-OH is 1. The highest BCUT2D eigenvalue weighted by Crippen LogP contribution is 2.13. The first-order valence-corrected chi connectivity index (χ1v) is 6.83. The van der Waals surface area contributed by atoms with Crippen LogP contribution >= 0.6 is 0 Å². The molecule has 0 aromatic heterocycles. The fourth-order valence-electron chi connectivity index (χ4n) is 1.75. The van der Waals surface area contributed by atoms with Gasteiger partial charge in [-0.25, -0.2) is 0 Å². The summed E-state index contributed by atoms with van der Waals surface area (Å²) in [6.07, 6.45) is 4.68. The standard InChI is InChI=1S/C15H26O4/c1-11(2)6-5-7-12(3)8-9-15(14(18)10-16)19-13(4)17/h8,11,15-16H,5-7,9-10H2,1-4H3. The van der Waals surface area contributed by atoms with Gasteiger partial charge in [0.1, 0.15) is 6.61 Å². The number of ether oxygens (including phenoxy) is 1. The van der Waals surface area contributed by atoms with E-state index >= 15 is 0 Å². The van der Waals surface area contributed by atoms with Crippen molar-refractivity contribution in [3.05, 3.63) is 11.6 Å². The third-order valence-corrected chi connectivity index (χ3v) is 2.86. The molecule has 1 atom stereocenters. The van der Waals surface area contributed by atoms with Crippen LogP contribution in [0.15, 0.2) is 11.6 Å². The van der Waals surface area contributed by atoms with Crippen LogP contribution in [0.1, 0.15) is 53.4 Å². The first kappa shape index (κ1) is 17.8. The fourth-order valence-corrected chi connectivity index (χ4v) is 1.75. The Morgan fingerprint density at radius 2 is 1.89 bits per heavy atom. The molecule has 0 aromatic carbocycles. The highest BCUT2D eigenvalue weighted by molar-refractivity contribution is 5.86. The van der Waals surface area contributed by atoms with Gasteiger partial charge in [0, 0.05) is 13.3 Å². The summed E-state index contributed by atoms with van der Waals surface area (Å²) in [6.45, 7) is 7.05. The van der Waals surface area contributed by atoms with Crippen LogP contribution in [-0.2, 0) is 14.3 Å². The molecule has 0 aromatic rings. The number of hydrogen-bond acceptors (Lipinski definition) is 4. The van der Waals surface area contributed by atoms with Gasteiger partial charge in [-0.2, -0.15) is 0 Å². The van der Waals surface area contributed by atoms with Gasteiger partial charge in [0.05, 0.1) is 0 Å². The van der Waals surface area contributed by atoms with Crippen LogP contribution in [0.2, 0.25) is 0 Å². The molecule has 0 saturated heterocycles. The molecule has 1 unspecified atom stereocenters. The maximum Gasteiger partial charge on any atom is 0.303 e. The number of carbonyl (C=O) groups excluding carboxylic acids is 2. The van der Waals surface area contributed by atoms with Crippen LogP contribution in [0.3, 0.4) is 0 Å². The number of ketones is 1. The average molecular weight is 270 g/mol. The molecule has 0 spiro atoms. The zero-order chi connectivity index (χ0) is 14.8. The third-order valence-electron chi connectivity index (χ3n) is 2.86. The summed E-state index contributed by atoms with van der Waals surface area (Å²) in [5, 5.41) is 8.82. The Balaban J connectivity index is 4.27. The molecule has 110 valence electrons. The maximum atomic E-state index is 11.4. The Labute approximate surface area is 115 Å². The number of hydrogen-bond donors (Lipinski definition) is 1. The van der Waals surface area contributed by atoms with E-state index in [1.807, 2.05) is 13.0 Å². The molecule has 0 amide bonds. The van der Waals surface area contributed by atoms with Crippen molar-refractivity contribution in [3.8, 4) is 0 Å². The highest BCUT2D eigenvalue weighted by Gasteiger charge is 2.19. The van der Waals surface area contributed by atoms with E-state index in [9.17, 15) is 9.59 Å². The molecule has 0 aliphatic heterocycles. The molecule has 1 N–H and O–H groups in total. The zero-order valence-electron chi connectivity index (χ0n) is 12.4. The van der Waals surface area contributed by atoms with Crippen LogP contribution in [0.4, 0.5) is 0 Å². The van der Waals surface area contributed by atoms with E-state index in [2.05, 4.69) is 13.8 Å². The Morgan fingerprint density at radius 3 is 2.37 bits per heavy atom. The first-order valence-electron chi connectivity index (χ1n) is 6.83. The van der Waals surface area contributed by atoms with Crippen molar-refractivity contribution in [1.29, 1.82) is 0 Å². The number of allylic oxidation sites excluding steroid dienone is 1. The van der Waals surface area contributed by atoms with E-state index in [0.717, 1.165) is 12.8 Å². The van der Waals surface area contributed by atoms with E-state index < -0.39 is 24.5 Å². The average Bonchev–Trinajstić information content (AvgIpc) is 2.32. The Bertz CT molecular complexity index is 318. The predicted molar refractivity (Wildman–Crippen MR) is 74.7 cm³/mol. The summed E-state index contributed by atoms with van der Waals surface area (Å²) in [5.74, 6) is -0.267. The van der Waals surface area contributed by atoms with E-state index in [1.165, 1.54) is 18.9 Å². The number of carbonyl (C=O) groups is 2. The molecule has 4 heteroatoms. The second kappa shape index (κ2) is 9.73. The Hall–Kier alpha value is -1.16. The topological polar surface area (TPSA) is 63.6 Å². The van der Waals surface area contributed by atoms with E-state index in [-0.39, 0.29) is 0 Å². The van der Waals surface area contributed by atoms with Crippen molar-refractivity contribution >= 4 is 11.8 Å². The molecule has 0 bridgehead atoms. The van der Waals surface area contributed by atoms with Gasteiger partial charge < -0.3 is 9.84 Å². The summed E-state index contributed by atoms with van der Waals surface area (Å²) in [7, 11) is 0. The second-order valence-electron chi connectivity index (χ2n) is 5.29.